The van der Waals surface area contributed by atoms with Crippen molar-refractivity contribution < 1.29 is 4.79 Å². The highest BCUT2D eigenvalue weighted by molar-refractivity contribution is 5.96. The quantitative estimate of drug-likeness (QED) is 0.599. The second kappa shape index (κ2) is 7.71. The Balaban J connectivity index is 1.45. The molecule has 1 amide bonds. The fourth-order valence-electron chi connectivity index (χ4n) is 5.07. The van der Waals surface area contributed by atoms with Gasteiger partial charge in [0.05, 0.1) is 22.7 Å². The van der Waals surface area contributed by atoms with Crippen LogP contribution in [0.1, 0.15) is 35.0 Å². The lowest BCUT2D eigenvalue weighted by Crippen LogP contribution is -2.60. The zero-order valence-electron chi connectivity index (χ0n) is 19.1. The number of carbonyl (C=O) groups excluding carboxylic acids is 1. The van der Waals surface area contributed by atoms with Crippen LogP contribution in [-0.4, -0.2) is 47.7 Å². The zero-order valence-corrected chi connectivity index (χ0v) is 19.1. The molecule has 8 nitrogen and oxygen atoms in total. The van der Waals surface area contributed by atoms with Gasteiger partial charge in [-0.3, -0.25) is 4.79 Å². The maximum absolute atomic E-state index is 12.6. The van der Waals surface area contributed by atoms with Gasteiger partial charge in [0.15, 0.2) is 5.82 Å². The van der Waals surface area contributed by atoms with Gasteiger partial charge in [-0.2, -0.15) is 10.4 Å². The number of hydrogen-bond acceptors (Lipinski definition) is 7. The van der Waals surface area contributed by atoms with Crippen LogP contribution in [-0.2, 0) is 4.79 Å². The standard InChI is InChI=1S/C25H27N7O/c1-15-17(12-26)5-4-6-19(15)22(27)28-23-21-11-18(7-8-20(21)16(2)29-30-23)32-13-25(14-32)9-10-31(3)24(25)33/h4-8,11,22H,9-10,13-14,27H2,1-3H3,(H,28,30)/t22-/m0/s1. The fourth-order valence-corrected chi connectivity index (χ4v) is 5.07. The zero-order chi connectivity index (χ0) is 23.3. The first kappa shape index (κ1) is 21.2. The first-order valence-corrected chi connectivity index (χ1v) is 11.1. The molecule has 2 fully saturated rings. The van der Waals surface area contributed by atoms with Crippen molar-refractivity contribution in [3.63, 3.8) is 0 Å². The van der Waals surface area contributed by atoms with E-state index in [1.165, 1.54) is 0 Å². The van der Waals surface area contributed by atoms with Crippen LogP contribution in [0.4, 0.5) is 11.5 Å². The number of nitrogens with two attached hydrogens (primary N) is 1. The minimum absolute atomic E-state index is 0.233. The Morgan fingerprint density at radius 3 is 2.67 bits per heavy atom. The highest BCUT2D eigenvalue weighted by atomic mass is 16.2. The molecule has 1 aromatic heterocycles. The smallest absolute Gasteiger partial charge is 0.232 e. The lowest BCUT2D eigenvalue weighted by atomic mass is 9.78. The minimum Gasteiger partial charge on any atom is -0.369 e. The van der Waals surface area contributed by atoms with Crippen molar-refractivity contribution in [1.29, 1.82) is 5.26 Å². The van der Waals surface area contributed by atoms with Crippen LogP contribution in [0.15, 0.2) is 36.4 Å². The molecule has 33 heavy (non-hydrogen) atoms. The van der Waals surface area contributed by atoms with Gasteiger partial charge in [-0.25, -0.2) is 0 Å². The van der Waals surface area contributed by atoms with E-state index in [0.717, 1.165) is 59.3 Å². The predicted octanol–water partition coefficient (Wildman–Crippen LogP) is 2.86. The van der Waals surface area contributed by atoms with Crippen molar-refractivity contribution >= 4 is 28.2 Å². The summed E-state index contributed by atoms with van der Waals surface area (Å²) in [4.78, 5) is 16.6. The van der Waals surface area contributed by atoms with E-state index in [2.05, 4.69) is 44.7 Å². The third-order valence-corrected chi connectivity index (χ3v) is 7.15. The molecular weight excluding hydrogens is 414 g/mol. The molecule has 2 saturated heterocycles. The summed E-state index contributed by atoms with van der Waals surface area (Å²) in [6.45, 7) is 6.14. The summed E-state index contributed by atoms with van der Waals surface area (Å²) >= 11 is 0. The molecule has 3 heterocycles. The summed E-state index contributed by atoms with van der Waals surface area (Å²) in [6, 6.07) is 14.0. The van der Waals surface area contributed by atoms with E-state index < -0.39 is 6.17 Å². The van der Waals surface area contributed by atoms with E-state index in [-0.39, 0.29) is 11.3 Å². The molecule has 1 spiro atoms. The van der Waals surface area contributed by atoms with Crippen molar-refractivity contribution in [1.82, 2.24) is 15.1 Å². The summed E-state index contributed by atoms with van der Waals surface area (Å²) in [5.41, 5.74) is 10.4. The van der Waals surface area contributed by atoms with Gasteiger partial charge >= 0.3 is 0 Å². The van der Waals surface area contributed by atoms with Crippen molar-refractivity contribution in [2.75, 3.05) is 36.9 Å². The van der Waals surface area contributed by atoms with Gasteiger partial charge in [0, 0.05) is 43.1 Å². The second-order valence-corrected chi connectivity index (χ2v) is 9.23. The van der Waals surface area contributed by atoms with E-state index in [0.29, 0.717) is 11.4 Å². The van der Waals surface area contributed by atoms with E-state index >= 15 is 0 Å². The molecular formula is C25H27N7O. The normalized spacial score (nSPS) is 17.8. The van der Waals surface area contributed by atoms with Crippen LogP contribution in [0.2, 0.25) is 0 Å². The third-order valence-electron chi connectivity index (χ3n) is 7.15. The Morgan fingerprint density at radius 1 is 1.18 bits per heavy atom. The van der Waals surface area contributed by atoms with Gasteiger partial charge in [-0.1, -0.05) is 18.2 Å². The number of nitrogens with zero attached hydrogens (tertiary/aromatic N) is 5. The maximum Gasteiger partial charge on any atom is 0.232 e. The fraction of sp³-hybridized carbons (Fsp3) is 0.360. The number of anilines is 2. The number of aromatic nitrogens is 2. The third kappa shape index (κ3) is 3.36. The summed E-state index contributed by atoms with van der Waals surface area (Å²) < 4.78 is 0. The molecule has 168 valence electrons. The van der Waals surface area contributed by atoms with Crippen LogP contribution in [0.5, 0.6) is 0 Å². The number of nitriles is 1. The molecule has 0 unspecified atom stereocenters. The Morgan fingerprint density at radius 2 is 1.97 bits per heavy atom. The Bertz CT molecular complexity index is 1310. The molecule has 3 N–H and O–H groups in total. The number of aryl methyl sites for hydroxylation is 1. The van der Waals surface area contributed by atoms with E-state index in [1.807, 2.05) is 37.9 Å². The Hall–Kier alpha value is -3.70. The van der Waals surface area contributed by atoms with Gasteiger partial charge < -0.3 is 20.9 Å². The highest BCUT2D eigenvalue weighted by Gasteiger charge is 2.53. The predicted molar refractivity (Wildman–Crippen MR) is 128 cm³/mol. The molecule has 1 atom stereocenters. The van der Waals surface area contributed by atoms with E-state index in [9.17, 15) is 10.1 Å². The molecule has 0 aliphatic carbocycles. The number of likely N-dealkylation sites (tertiary alicyclic amines) is 1. The summed E-state index contributed by atoms with van der Waals surface area (Å²) in [5.74, 6) is 0.850. The average molecular weight is 442 g/mol. The largest absolute Gasteiger partial charge is 0.369 e. The highest BCUT2D eigenvalue weighted by Crippen LogP contribution is 2.43. The number of amides is 1. The first-order chi connectivity index (χ1) is 15.8. The molecule has 2 aromatic carbocycles. The number of benzene rings is 2. The van der Waals surface area contributed by atoms with Gasteiger partial charge in [0.25, 0.3) is 0 Å². The van der Waals surface area contributed by atoms with Crippen molar-refractivity contribution in [3.8, 4) is 6.07 Å². The molecule has 2 aliphatic heterocycles. The lowest BCUT2D eigenvalue weighted by molar-refractivity contribution is -0.136. The van der Waals surface area contributed by atoms with Gasteiger partial charge in [-0.05, 0) is 49.6 Å². The molecule has 8 heteroatoms. The Kier molecular flexibility index (Phi) is 4.94. The van der Waals surface area contributed by atoms with Crippen LogP contribution < -0.4 is 16.0 Å². The molecule has 5 rings (SSSR count). The van der Waals surface area contributed by atoms with Crippen LogP contribution in [0, 0.1) is 30.6 Å². The average Bonchev–Trinajstić information content (AvgIpc) is 3.09. The van der Waals surface area contributed by atoms with E-state index in [4.69, 9.17) is 5.73 Å². The molecule has 0 bridgehead atoms. The van der Waals surface area contributed by atoms with Crippen molar-refractivity contribution in [2.24, 2.45) is 11.1 Å². The lowest BCUT2D eigenvalue weighted by Gasteiger charge is -2.47. The number of hydrogen-bond donors (Lipinski definition) is 2. The monoisotopic (exact) mass is 441 g/mol. The first-order valence-electron chi connectivity index (χ1n) is 11.1. The molecule has 0 radical (unpaired) electrons. The van der Waals surface area contributed by atoms with Crippen LogP contribution in [0.25, 0.3) is 10.8 Å². The van der Waals surface area contributed by atoms with E-state index in [1.54, 1.807) is 6.07 Å². The SMILES string of the molecule is Cc1c(C#N)cccc1[C@@H](N)Nc1nnc(C)c2ccc(N3CC4(CCN(C)C4=O)C3)cc12. The second-order valence-electron chi connectivity index (χ2n) is 9.23. The minimum atomic E-state index is -0.541. The number of carbonyl (C=O) groups is 1. The summed E-state index contributed by atoms with van der Waals surface area (Å²) in [7, 11) is 1.88. The molecule has 3 aromatic rings. The number of fused-ring (bicyclic) bond motifs is 1. The molecule has 0 saturated carbocycles. The number of nitrogens with one attached hydrogen (secondary N) is 1. The van der Waals surface area contributed by atoms with Crippen molar-refractivity contribution in [2.45, 2.75) is 26.4 Å². The summed E-state index contributed by atoms with van der Waals surface area (Å²) in [5, 5.41) is 23.3. The van der Waals surface area contributed by atoms with Gasteiger partial charge in [0.1, 0.15) is 6.17 Å². The summed E-state index contributed by atoms with van der Waals surface area (Å²) in [6.07, 6.45) is 0.376. The van der Waals surface area contributed by atoms with Gasteiger partial charge in [-0.15, -0.1) is 5.10 Å². The molecule has 2 aliphatic rings. The van der Waals surface area contributed by atoms with Crippen LogP contribution >= 0.6 is 0 Å². The maximum atomic E-state index is 12.6. The topological polar surface area (TPSA) is 111 Å². The van der Waals surface area contributed by atoms with Gasteiger partial charge in [0.2, 0.25) is 5.91 Å². The van der Waals surface area contributed by atoms with Crippen molar-refractivity contribution in [3.05, 3.63) is 58.8 Å². The Labute approximate surface area is 193 Å². The number of rotatable bonds is 4. The van der Waals surface area contributed by atoms with Crippen LogP contribution in [0.3, 0.4) is 0 Å².